The van der Waals surface area contributed by atoms with Gasteiger partial charge in [-0.2, -0.15) is 0 Å². The molecule has 0 heterocycles. The summed E-state index contributed by atoms with van der Waals surface area (Å²) in [5.74, 6) is 0.607. The molecule has 0 aliphatic heterocycles. The second-order valence-corrected chi connectivity index (χ2v) is 6.15. The van der Waals surface area contributed by atoms with E-state index in [0.29, 0.717) is 12.0 Å². The highest BCUT2D eigenvalue weighted by Gasteiger charge is 2.17. The van der Waals surface area contributed by atoms with E-state index in [1.165, 1.54) is 22.3 Å². The summed E-state index contributed by atoms with van der Waals surface area (Å²) in [6.07, 6.45) is 1.11. The van der Waals surface area contributed by atoms with Crippen LogP contribution in [-0.2, 0) is 6.42 Å². The first-order valence-corrected chi connectivity index (χ1v) is 7.33. The van der Waals surface area contributed by atoms with Gasteiger partial charge >= 0.3 is 0 Å². The van der Waals surface area contributed by atoms with E-state index in [9.17, 15) is 0 Å². The fraction of sp³-hybridized carbons (Fsp3) is 0.647. The van der Waals surface area contributed by atoms with E-state index in [1.54, 1.807) is 0 Å². The second-order valence-electron chi connectivity index (χ2n) is 6.15. The number of nitrogens with zero attached hydrogens (tertiary/aromatic N) is 1. The van der Waals surface area contributed by atoms with E-state index in [2.05, 4.69) is 58.7 Å². The zero-order chi connectivity index (χ0) is 14.6. The van der Waals surface area contributed by atoms with Gasteiger partial charge in [0.2, 0.25) is 0 Å². The Bertz CT molecular complexity index is 387. The fourth-order valence-corrected chi connectivity index (χ4v) is 3.02. The third-order valence-electron chi connectivity index (χ3n) is 4.13. The molecule has 0 fully saturated rings. The van der Waals surface area contributed by atoms with Crippen molar-refractivity contribution < 1.29 is 0 Å². The molecule has 19 heavy (non-hydrogen) atoms. The molecule has 1 aromatic carbocycles. The number of rotatable bonds is 6. The number of hydrogen-bond donors (Lipinski definition) is 1. The molecule has 0 aliphatic rings. The first-order valence-electron chi connectivity index (χ1n) is 7.33. The summed E-state index contributed by atoms with van der Waals surface area (Å²) in [4.78, 5) is 2.41. The molecule has 1 rings (SSSR count). The predicted molar refractivity (Wildman–Crippen MR) is 84.7 cm³/mol. The molecule has 1 unspecified atom stereocenters. The molecule has 2 nitrogen and oxygen atoms in total. The summed E-state index contributed by atoms with van der Waals surface area (Å²) in [5.41, 5.74) is 11.6. The van der Waals surface area contributed by atoms with E-state index < -0.39 is 0 Å². The Morgan fingerprint density at radius 3 is 2.05 bits per heavy atom. The van der Waals surface area contributed by atoms with Crippen LogP contribution in [0.5, 0.6) is 0 Å². The molecule has 1 aromatic rings. The van der Waals surface area contributed by atoms with Gasteiger partial charge < -0.3 is 10.6 Å². The molecule has 108 valence electrons. The van der Waals surface area contributed by atoms with Gasteiger partial charge in [-0.15, -0.1) is 0 Å². The van der Waals surface area contributed by atoms with Crippen molar-refractivity contribution in [1.29, 1.82) is 0 Å². The first kappa shape index (κ1) is 16.2. The van der Waals surface area contributed by atoms with Crippen LogP contribution < -0.4 is 5.73 Å². The number of aryl methyl sites for hydroxylation is 3. The summed E-state index contributed by atoms with van der Waals surface area (Å²) in [7, 11) is 2.19. The van der Waals surface area contributed by atoms with Crippen LogP contribution in [0.15, 0.2) is 12.1 Å². The van der Waals surface area contributed by atoms with Crippen LogP contribution in [0.2, 0.25) is 0 Å². The van der Waals surface area contributed by atoms with E-state index in [1.807, 2.05) is 0 Å². The van der Waals surface area contributed by atoms with Crippen molar-refractivity contribution in [3.05, 3.63) is 34.4 Å². The lowest BCUT2D eigenvalue weighted by atomic mass is 9.96. The van der Waals surface area contributed by atoms with E-state index in [0.717, 1.165) is 19.5 Å². The van der Waals surface area contributed by atoms with Crippen molar-refractivity contribution in [2.24, 2.45) is 11.7 Å². The Kier molecular flexibility index (Phi) is 6.02. The highest BCUT2D eigenvalue weighted by atomic mass is 15.1. The zero-order valence-corrected chi connectivity index (χ0v) is 13.5. The summed E-state index contributed by atoms with van der Waals surface area (Å²) < 4.78 is 0. The summed E-state index contributed by atoms with van der Waals surface area (Å²) in [6, 6.07) is 5.04. The van der Waals surface area contributed by atoms with Gasteiger partial charge in [-0.25, -0.2) is 0 Å². The van der Waals surface area contributed by atoms with Crippen LogP contribution in [-0.4, -0.2) is 31.1 Å². The van der Waals surface area contributed by atoms with Crippen molar-refractivity contribution in [3.8, 4) is 0 Å². The average Bonchev–Trinajstić information content (AvgIpc) is 2.27. The van der Waals surface area contributed by atoms with Crippen molar-refractivity contribution >= 4 is 0 Å². The lowest BCUT2D eigenvalue weighted by Crippen LogP contribution is -2.42. The molecule has 0 spiro atoms. The van der Waals surface area contributed by atoms with Crippen LogP contribution in [0.1, 0.15) is 36.1 Å². The Hall–Kier alpha value is -0.860. The van der Waals surface area contributed by atoms with Gasteiger partial charge in [0.05, 0.1) is 0 Å². The molecule has 0 saturated carbocycles. The second kappa shape index (κ2) is 7.06. The minimum atomic E-state index is 0.478. The zero-order valence-electron chi connectivity index (χ0n) is 13.5. The third kappa shape index (κ3) is 4.32. The number of hydrogen-bond acceptors (Lipinski definition) is 2. The maximum atomic E-state index is 5.88. The maximum absolute atomic E-state index is 5.88. The Balaban J connectivity index is 2.72. The summed E-state index contributed by atoms with van der Waals surface area (Å²) in [6.45, 7) is 12.9. The Morgan fingerprint density at radius 1 is 1.11 bits per heavy atom. The van der Waals surface area contributed by atoms with Crippen LogP contribution in [0.3, 0.4) is 0 Å². The molecule has 1 atom stereocenters. The van der Waals surface area contributed by atoms with E-state index in [-0.39, 0.29) is 0 Å². The highest BCUT2D eigenvalue weighted by molar-refractivity contribution is 5.37. The predicted octanol–water partition coefficient (Wildman–Crippen LogP) is 3.07. The number of benzene rings is 1. The molecule has 0 bridgehead atoms. The molecule has 2 heteroatoms. The Morgan fingerprint density at radius 2 is 1.63 bits per heavy atom. The standard InChI is InChI=1S/C17H30N2/c1-12(2)17(11-18)19(6)8-7-16-14(4)9-13(3)10-15(16)5/h9-10,12,17H,7-8,11,18H2,1-6H3. The van der Waals surface area contributed by atoms with Crippen LogP contribution in [0, 0.1) is 26.7 Å². The van der Waals surface area contributed by atoms with Crippen LogP contribution in [0.4, 0.5) is 0 Å². The number of nitrogens with two attached hydrogens (primary N) is 1. The Labute approximate surface area is 119 Å². The first-order chi connectivity index (χ1) is 8.86. The molecular weight excluding hydrogens is 232 g/mol. The molecule has 0 amide bonds. The SMILES string of the molecule is Cc1cc(C)c(CCN(C)C(CN)C(C)C)c(C)c1. The quantitative estimate of drug-likeness (QED) is 0.853. The average molecular weight is 262 g/mol. The molecule has 0 aromatic heterocycles. The van der Waals surface area contributed by atoms with Crippen molar-refractivity contribution in [2.45, 2.75) is 47.1 Å². The lowest BCUT2D eigenvalue weighted by molar-refractivity contribution is 0.199. The lowest BCUT2D eigenvalue weighted by Gasteiger charge is -2.30. The van der Waals surface area contributed by atoms with E-state index >= 15 is 0 Å². The van der Waals surface area contributed by atoms with Gasteiger partial charge in [0.1, 0.15) is 0 Å². The summed E-state index contributed by atoms with van der Waals surface area (Å²) >= 11 is 0. The summed E-state index contributed by atoms with van der Waals surface area (Å²) in [5, 5.41) is 0. The normalized spacial score (nSPS) is 13.3. The van der Waals surface area contributed by atoms with Gasteiger partial charge in [-0.05, 0) is 56.8 Å². The fourth-order valence-electron chi connectivity index (χ4n) is 3.02. The van der Waals surface area contributed by atoms with Crippen molar-refractivity contribution in [2.75, 3.05) is 20.1 Å². The van der Waals surface area contributed by atoms with E-state index in [4.69, 9.17) is 5.73 Å². The largest absolute Gasteiger partial charge is 0.329 e. The minimum absolute atomic E-state index is 0.478. The molecule has 0 radical (unpaired) electrons. The van der Waals surface area contributed by atoms with Gasteiger partial charge in [-0.1, -0.05) is 31.5 Å². The highest BCUT2D eigenvalue weighted by Crippen LogP contribution is 2.18. The third-order valence-corrected chi connectivity index (χ3v) is 4.13. The van der Waals surface area contributed by atoms with Gasteiger partial charge in [-0.3, -0.25) is 0 Å². The number of likely N-dealkylation sites (N-methyl/N-ethyl adjacent to an activating group) is 1. The molecule has 2 N–H and O–H groups in total. The van der Waals surface area contributed by atoms with Crippen molar-refractivity contribution in [1.82, 2.24) is 4.90 Å². The smallest absolute Gasteiger partial charge is 0.0238 e. The molecular formula is C17H30N2. The van der Waals surface area contributed by atoms with Crippen LogP contribution in [0.25, 0.3) is 0 Å². The minimum Gasteiger partial charge on any atom is -0.329 e. The topological polar surface area (TPSA) is 29.3 Å². The molecule has 0 saturated heterocycles. The maximum Gasteiger partial charge on any atom is 0.0238 e. The van der Waals surface area contributed by atoms with Gasteiger partial charge in [0, 0.05) is 19.1 Å². The van der Waals surface area contributed by atoms with Crippen molar-refractivity contribution in [3.63, 3.8) is 0 Å². The van der Waals surface area contributed by atoms with Gasteiger partial charge in [0.15, 0.2) is 0 Å². The monoisotopic (exact) mass is 262 g/mol. The van der Waals surface area contributed by atoms with Crippen LogP contribution >= 0.6 is 0 Å². The van der Waals surface area contributed by atoms with Gasteiger partial charge in [0.25, 0.3) is 0 Å². The molecule has 0 aliphatic carbocycles.